The molecule has 96 valence electrons. The van der Waals surface area contributed by atoms with Gasteiger partial charge in [-0.1, -0.05) is 0 Å². The van der Waals surface area contributed by atoms with Gasteiger partial charge in [-0.05, 0) is 53.2 Å². The van der Waals surface area contributed by atoms with E-state index in [1.807, 2.05) is 30.3 Å². The molecule has 0 fully saturated rings. The van der Waals surface area contributed by atoms with Crippen molar-refractivity contribution < 1.29 is 0 Å². The zero-order chi connectivity index (χ0) is 13.4. The van der Waals surface area contributed by atoms with E-state index in [0.717, 1.165) is 33.6 Å². The lowest BCUT2D eigenvalue weighted by molar-refractivity contribution is 0.787. The minimum absolute atomic E-state index is 0.708. The molecule has 2 aromatic heterocycles. The molecule has 0 atom stereocenters. The molecule has 0 saturated carbocycles. The standard InChI is InChI=1S/C14H13BrN4/c1-2-19-13(9-5-6-10(15)11(16)8-9)18-12-4-3-7-17-14(12)19/h3-8H,2,16H2,1H3. The van der Waals surface area contributed by atoms with Crippen LogP contribution in [0, 0.1) is 0 Å². The first-order valence-corrected chi connectivity index (χ1v) is 6.86. The average molecular weight is 317 g/mol. The van der Waals surface area contributed by atoms with Gasteiger partial charge in [0.2, 0.25) is 0 Å². The van der Waals surface area contributed by atoms with E-state index >= 15 is 0 Å². The van der Waals surface area contributed by atoms with Gasteiger partial charge in [0.25, 0.3) is 0 Å². The number of fused-ring (bicyclic) bond motifs is 1. The van der Waals surface area contributed by atoms with E-state index in [1.165, 1.54) is 0 Å². The fourth-order valence-corrected chi connectivity index (χ4v) is 2.41. The molecule has 0 radical (unpaired) electrons. The van der Waals surface area contributed by atoms with E-state index in [0.29, 0.717) is 5.69 Å². The van der Waals surface area contributed by atoms with E-state index in [-0.39, 0.29) is 0 Å². The third kappa shape index (κ3) is 2.00. The van der Waals surface area contributed by atoms with Crippen molar-refractivity contribution in [2.24, 2.45) is 0 Å². The van der Waals surface area contributed by atoms with Crippen LogP contribution in [0.25, 0.3) is 22.6 Å². The number of hydrogen-bond donors (Lipinski definition) is 1. The number of halogens is 1. The second-order valence-corrected chi connectivity index (χ2v) is 5.12. The number of benzene rings is 1. The van der Waals surface area contributed by atoms with E-state index in [9.17, 15) is 0 Å². The Morgan fingerprint density at radius 2 is 2.16 bits per heavy atom. The van der Waals surface area contributed by atoms with Crippen LogP contribution in [0.4, 0.5) is 5.69 Å². The number of rotatable bonds is 2. The molecule has 2 heterocycles. The number of nitrogen functional groups attached to an aromatic ring is 1. The highest BCUT2D eigenvalue weighted by Crippen LogP contribution is 2.28. The van der Waals surface area contributed by atoms with Crippen molar-refractivity contribution in [2.45, 2.75) is 13.5 Å². The van der Waals surface area contributed by atoms with Crippen LogP contribution in [0.5, 0.6) is 0 Å². The fraction of sp³-hybridized carbons (Fsp3) is 0.143. The van der Waals surface area contributed by atoms with Crippen LogP contribution in [0.3, 0.4) is 0 Å². The maximum absolute atomic E-state index is 5.94. The molecule has 3 aromatic rings. The molecule has 4 nitrogen and oxygen atoms in total. The van der Waals surface area contributed by atoms with Crippen LogP contribution in [0.2, 0.25) is 0 Å². The van der Waals surface area contributed by atoms with E-state index in [2.05, 4.69) is 37.4 Å². The summed E-state index contributed by atoms with van der Waals surface area (Å²) in [5.41, 5.74) is 9.46. The Kier molecular flexibility index (Phi) is 2.98. The summed E-state index contributed by atoms with van der Waals surface area (Å²) >= 11 is 3.41. The number of hydrogen-bond acceptors (Lipinski definition) is 3. The van der Waals surface area contributed by atoms with Gasteiger partial charge >= 0.3 is 0 Å². The Morgan fingerprint density at radius 3 is 2.89 bits per heavy atom. The summed E-state index contributed by atoms with van der Waals surface area (Å²) in [7, 11) is 0. The minimum atomic E-state index is 0.708. The van der Waals surface area contributed by atoms with Gasteiger partial charge in [-0.3, -0.25) is 0 Å². The van der Waals surface area contributed by atoms with Gasteiger partial charge in [0.05, 0.1) is 0 Å². The van der Waals surface area contributed by atoms with Gasteiger partial charge in [0, 0.05) is 28.5 Å². The second-order valence-electron chi connectivity index (χ2n) is 4.26. The van der Waals surface area contributed by atoms with E-state index < -0.39 is 0 Å². The zero-order valence-corrected chi connectivity index (χ0v) is 12.1. The first-order valence-electron chi connectivity index (χ1n) is 6.07. The number of imidazole rings is 1. The number of nitrogens with two attached hydrogens (primary N) is 1. The Balaban J connectivity index is 2.26. The maximum Gasteiger partial charge on any atom is 0.160 e. The lowest BCUT2D eigenvalue weighted by atomic mass is 10.2. The molecule has 0 aliphatic carbocycles. The predicted molar refractivity (Wildman–Crippen MR) is 80.8 cm³/mol. The Bertz CT molecular complexity index is 748. The number of nitrogens with zero attached hydrogens (tertiary/aromatic N) is 3. The summed E-state index contributed by atoms with van der Waals surface area (Å²) in [6.45, 7) is 2.90. The third-order valence-corrected chi connectivity index (χ3v) is 3.80. The topological polar surface area (TPSA) is 56.7 Å². The van der Waals surface area contributed by atoms with Crippen LogP contribution in [-0.2, 0) is 6.54 Å². The van der Waals surface area contributed by atoms with Crippen molar-refractivity contribution in [2.75, 3.05) is 5.73 Å². The zero-order valence-electron chi connectivity index (χ0n) is 10.5. The average Bonchev–Trinajstić information content (AvgIpc) is 2.80. The van der Waals surface area contributed by atoms with E-state index in [1.54, 1.807) is 6.20 Å². The highest BCUT2D eigenvalue weighted by Gasteiger charge is 2.12. The quantitative estimate of drug-likeness (QED) is 0.736. The molecular weight excluding hydrogens is 304 g/mol. The second kappa shape index (κ2) is 4.66. The van der Waals surface area contributed by atoms with Crippen LogP contribution in [-0.4, -0.2) is 14.5 Å². The van der Waals surface area contributed by atoms with Crippen molar-refractivity contribution >= 4 is 32.8 Å². The molecule has 0 amide bonds. The summed E-state index contributed by atoms with van der Waals surface area (Å²) in [6, 6.07) is 9.75. The van der Waals surface area contributed by atoms with Crippen LogP contribution >= 0.6 is 15.9 Å². The number of aromatic nitrogens is 3. The summed E-state index contributed by atoms with van der Waals surface area (Å²) in [4.78, 5) is 9.05. The van der Waals surface area contributed by atoms with Crippen molar-refractivity contribution in [1.82, 2.24) is 14.5 Å². The molecule has 0 bridgehead atoms. The third-order valence-electron chi connectivity index (χ3n) is 3.07. The molecule has 0 spiro atoms. The Labute approximate surface area is 119 Å². The normalized spacial score (nSPS) is 11.1. The van der Waals surface area contributed by atoms with Gasteiger partial charge in [-0.25, -0.2) is 9.97 Å². The SMILES string of the molecule is CCn1c(-c2ccc(Br)c(N)c2)nc2cccnc21. The van der Waals surface area contributed by atoms with Crippen LogP contribution < -0.4 is 5.73 Å². The lowest BCUT2D eigenvalue weighted by Gasteiger charge is -2.07. The highest BCUT2D eigenvalue weighted by atomic mass is 79.9. The van der Waals surface area contributed by atoms with Gasteiger partial charge in [0.1, 0.15) is 11.3 Å². The first kappa shape index (κ1) is 12.2. The lowest BCUT2D eigenvalue weighted by Crippen LogP contribution is -1.99. The van der Waals surface area contributed by atoms with Crippen molar-refractivity contribution in [3.05, 3.63) is 41.0 Å². The molecule has 3 rings (SSSR count). The summed E-state index contributed by atoms with van der Waals surface area (Å²) < 4.78 is 2.99. The van der Waals surface area contributed by atoms with Gasteiger partial charge in [-0.15, -0.1) is 0 Å². The van der Waals surface area contributed by atoms with Crippen molar-refractivity contribution in [3.8, 4) is 11.4 Å². The monoisotopic (exact) mass is 316 g/mol. The number of anilines is 1. The minimum Gasteiger partial charge on any atom is -0.398 e. The molecule has 2 N–H and O–H groups in total. The molecule has 0 aliphatic heterocycles. The summed E-state index contributed by atoms with van der Waals surface area (Å²) in [6.07, 6.45) is 1.79. The van der Waals surface area contributed by atoms with Crippen molar-refractivity contribution in [1.29, 1.82) is 0 Å². The maximum atomic E-state index is 5.94. The smallest absolute Gasteiger partial charge is 0.160 e. The predicted octanol–water partition coefficient (Wildman–Crippen LogP) is 3.46. The van der Waals surface area contributed by atoms with Crippen LogP contribution in [0.15, 0.2) is 41.0 Å². The van der Waals surface area contributed by atoms with E-state index in [4.69, 9.17) is 5.73 Å². The van der Waals surface area contributed by atoms with Gasteiger partial charge in [-0.2, -0.15) is 0 Å². The highest BCUT2D eigenvalue weighted by molar-refractivity contribution is 9.10. The molecule has 0 unspecified atom stereocenters. The molecule has 19 heavy (non-hydrogen) atoms. The molecule has 0 saturated heterocycles. The first-order chi connectivity index (χ1) is 9.20. The summed E-state index contributed by atoms with van der Waals surface area (Å²) in [5, 5.41) is 0. The van der Waals surface area contributed by atoms with Crippen molar-refractivity contribution in [3.63, 3.8) is 0 Å². The Morgan fingerprint density at radius 1 is 1.32 bits per heavy atom. The number of aryl methyl sites for hydroxylation is 1. The fourth-order valence-electron chi connectivity index (χ4n) is 2.16. The summed E-state index contributed by atoms with van der Waals surface area (Å²) in [5.74, 6) is 0.899. The Hall–Kier alpha value is -1.88. The van der Waals surface area contributed by atoms with Gasteiger partial charge < -0.3 is 10.3 Å². The molecule has 1 aromatic carbocycles. The molecule has 0 aliphatic rings. The number of pyridine rings is 1. The largest absolute Gasteiger partial charge is 0.398 e. The van der Waals surface area contributed by atoms with Gasteiger partial charge in [0.15, 0.2) is 5.65 Å². The molecule has 5 heteroatoms. The van der Waals surface area contributed by atoms with Crippen LogP contribution in [0.1, 0.15) is 6.92 Å². The molecular formula is C14H13BrN4.